The van der Waals surface area contributed by atoms with Crippen LogP contribution in [0, 0.1) is 6.92 Å². The Balaban J connectivity index is 0.00000272. The van der Waals surface area contributed by atoms with Crippen molar-refractivity contribution in [1.29, 1.82) is 0 Å². The van der Waals surface area contributed by atoms with E-state index in [2.05, 4.69) is 40.2 Å². The molecular weight excluding hydrogens is 501 g/mol. The van der Waals surface area contributed by atoms with Gasteiger partial charge in [-0.25, -0.2) is 0 Å². The van der Waals surface area contributed by atoms with Crippen molar-refractivity contribution in [2.45, 2.75) is 32.8 Å². The molecule has 1 unspecified atom stereocenters. The van der Waals surface area contributed by atoms with Gasteiger partial charge in [0.25, 0.3) is 5.56 Å². The molecular formula is C25H30IN3O2. The molecule has 0 fully saturated rings. The van der Waals surface area contributed by atoms with Gasteiger partial charge in [-0.2, -0.15) is 9.78 Å². The number of benzene rings is 2. The van der Waals surface area contributed by atoms with E-state index in [1.165, 1.54) is 10.2 Å². The number of hydrogen-bond donors (Lipinski definition) is 0. The Morgan fingerprint density at radius 2 is 1.71 bits per heavy atom. The molecule has 1 aliphatic carbocycles. The third-order valence-electron chi connectivity index (χ3n) is 5.43. The lowest BCUT2D eigenvalue weighted by Gasteiger charge is -2.28. The summed E-state index contributed by atoms with van der Waals surface area (Å²) in [5.41, 5.74) is 6.03. The number of quaternary nitrogens is 1. The molecule has 0 radical (unpaired) electrons. The van der Waals surface area contributed by atoms with E-state index < -0.39 is 0 Å². The van der Waals surface area contributed by atoms with Crippen molar-refractivity contribution in [2.24, 2.45) is 0 Å². The van der Waals surface area contributed by atoms with E-state index in [1.807, 2.05) is 37.3 Å². The van der Waals surface area contributed by atoms with Crippen molar-refractivity contribution in [1.82, 2.24) is 9.78 Å². The second kappa shape index (κ2) is 9.12. The van der Waals surface area contributed by atoms with Crippen LogP contribution in [0.15, 0.2) is 53.3 Å². The molecule has 0 saturated carbocycles. The molecule has 1 aliphatic rings. The largest absolute Gasteiger partial charge is 1.00 e. The highest BCUT2D eigenvalue weighted by atomic mass is 127. The minimum atomic E-state index is -0.0926. The van der Waals surface area contributed by atoms with Crippen LogP contribution in [0.25, 0.3) is 16.9 Å². The molecule has 2 aromatic carbocycles. The maximum absolute atomic E-state index is 12.7. The summed E-state index contributed by atoms with van der Waals surface area (Å²) in [6.07, 6.45) is 1.84. The lowest BCUT2D eigenvalue weighted by Crippen LogP contribution is -3.00. The zero-order chi connectivity index (χ0) is 21.5. The first-order chi connectivity index (χ1) is 14.2. The van der Waals surface area contributed by atoms with E-state index in [0.717, 1.165) is 57.7 Å². The van der Waals surface area contributed by atoms with Gasteiger partial charge in [0.15, 0.2) is 0 Å². The Morgan fingerprint density at radius 1 is 1.03 bits per heavy atom. The Bertz CT molecular complexity index is 1130. The molecule has 0 saturated heterocycles. The van der Waals surface area contributed by atoms with Gasteiger partial charge in [0.2, 0.25) is 0 Å². The number of hydrogen-bond acceptors (Lipinski definition) is 3. The van der Waals surface area contributed by atoms with E-state index in [4.69, 9.17) is 9.84 Å². The van der Waals surface area contributed by atoms with Crippen LogP contribution < -0.4 is 34.3 Å². The fourth-order valence-electron chi connectivity index (χ4n) is 4.16. The maximum Gasteiger partial charge on any atom is 0.271 e. The van der Waals surface area contributed by atoms with Crippen molar-refractivity contribution in [2.75, 3.05) is 27.7 Å². The summed E-state index contributed by atoms with van der Waals surface area (Å²) in [4.78, 5) is 12.7. The molecule has 5 nitrogen and oxygen atoms in total. The van der Waals surface area contributed by atoms with E-state index in [0.29, 0.717) is 0 Å². The number of halogens is 1. The molecule has 1 heterocycles. The molecule has 0 amide bonds. The maximum atomic E-state index is 12.7. The van der Waals surface area contributed by atoms with Crippen LogP contribution in [0.3, 0.4) is 0 Å². The second-order valence-electron chi connectivity index (χ2n) is 9.32. The normalized spacial score (nSPS) is 13.6. The minimum Gasteiger partial charge on any atom is -1.00 e. The van der Waals surface area contributed by atoms with Crippen molar-refractivity contribution in [3.05, 3.63) is 75.6 Å². The molecule has 4 rings (SSSR count). The number of nitrogens with zero attached hydrogens (tertiary/aromatic N) is 3. The van der Waals surface area contributed by atoms with Gasteiger partial charge >= 0.3 is 0 Å². The summed E-state index contributed by atoms with van der Waals surface area (Å²) in [5.74, 6) is 0.845. The average Bonchev–Trinajstić information content (AvgIpc) is 2.66. The Hall–Kier alpha value is -2.19. The van der Waals surface area contributed by atoms with Crippen LogP contribution in [0.5, 0.6) is 5.75 Å². The summed E-state index contributed by atoms with van der Waals surface area (Å²) in [6, 6.07) is 15.9. The second-order valence-corrected chi connectivity index (χ2v) is 9.32. The summed E-state index contributed by atoms with van der Waals surface area (Å²) >= 11 is 0. The average molecular weight is 531 g/mol. The lowest BCUT2D eigenvalue weighted by molar-refractivity contribution is -0.872. The van der Waals surface area contributed by atoms with E-state index in [9.17, 15) is 4.79 Å². The first-order valence-electron chi connectivity index (χ1n) is 10.5. The molecule has 0 bridgehead atoms. The van der Waals surface area contributed by atoms with Crippen LogP contribution in [0.4, 0.5) is 0 Å². The summed E-state index contributed by atoms with van der Waals surface area (Å²) in [7, 11) is 6.49. The van der Waals surface area contributed by atoms with Crippen LogP contribution >= 0.6 is 0 Å². The topological polar surface area (TPSA) is 44.1 Å². The fraction of sp³-hybridized carbons (Fsp3) is 0.360. The van der Waals surface area contributed by atoms with E-state index >= 15 is 0 Å². The van der Waals surface area contributed by atoms with Gasteiger partial charge in [0.1, 0.15) is 18.4 Å². The smallest absolute Gasteiger partial charge is 0.271 e. The number of likely N-dealkylation sites (N-methyl/N-ethyl adjacent to an activating group) is 1. The van der Waals surface area contributed by atoms with Gasteiger partial charge in [0, 0.05) is 11.6 Å². The monoisotopic (exact) mass is 531 g/mol. The SMILES string of the molecule is Cc1ccc(-n2nc3c(cc2=O)CCc2ccc(OC(C)C[N+](C)(C)C)cc2-3)cc1.[I-]. The first-order valence-corrected chi connectivity index (χ1v) is 10.5. The molecule has 31 heavy (non-hydrogen) atoms. The van der Waals surface area contributed by atoms with Gasteiger partial charge in [0.05, 0.1) is 32.5 Å². The molecule has 0 N–H and O–H groups in total. The minimum absolute atomic E-state index is 0. The molecule has 1 aromatic heterocycles. The molecule has 3 aromatic rings. The molecule has 164 valence electrons. The highest BCUT2D eigenvalue weighted by Gasteiger charge is 2.22. The number of rotatable bonds is 5. The van der Waals surface area contributed by atoms with Crippen LogP contribution in [0.2, 0.25) is 0 Å². The van der Waals surface area contributed by atoms with Crippen LogP contribution in [-0.4, -0.2) is 48.1 Å². The van der Waals surface area contributed by atoms with Gasteiger partial charge in [-0.15, -0.1) is 0 Å². The van der Waals surface area contributed by atoms with Crippen molar-refractivity contribution in [3.63, 3.8) is 0 Å². The highest BCUT2D eigenvalue weighted by Crippen LogP contribution is 2.34. The van der Waals surface area contributed by atoms with Crippen LogP contribution in [0.1, 0.15) is 23.6 Å². The molecule has 1 atom stereocenters. The standard InChI is InChI=1S/C25H30N3O2.HI/c1-17-6-11-21(12-7-17)27-24(29)14-20-9-8-19-10-13-22(15-23(19)25(20)26-27)30-18(2)16-28(3,4)5;/h6-7,10-15,18H,8-9,16H2,1-5H3;1H/q+1;/p-1. The quantitative estimate of drug-likeness (QED) is 0.362. The Morgan fingerprint density at radius 3 is 2.39 bits per heavy atom. The highest BCUT2D eigenvalue weighted by molar-refractivity contribution is 5.70. The van der Waals surface area contributed by atoms with Gasteiger partial charge in [-0.1, -0.05) is 23.8 Å². The van der Waals surface area contributed by atoms with Gasteiger partial charge in [-0.05, 0) is 62.1 Å². The van der Waals surface area contributed by atoms with E-state index in [-0.39, 0.29) is 35.6 Å². The van der Waals surface area contributed by atoms with Crippen molar-refractivity contribution >= 4 is 0 Å². The zero-order valence-corrected chi connectivity index (χ0v) is 21.0. The number of fused-ring (bicyclic) bond motifs is 3. The van der Waals surface area contributed by atoms with E-state index in [1.54, 1.807) is 6.07 Å². The first kappa shape index (κ1) is 23.5. The Labute approximate surface area is 201 Å². The van der Waals surface area contributed by atoms with Crippen LogP contribution in [-0.2, 0) is 12.8 Å². The number of aryl methyl sites for hydroxylation is 3. The lowest BCUT2D eigenvalue weighted by atomic mass is 9.89. The fourth-order valence-corrected chi connectivity index (χ4v) is 4.16. The molecule has 6 heteroatoms. The molecule has 0 aliphatic heterocycles. The van der Waals surface area contributed by atoms with Gasteiger partial charge in [-0.3, -0.25) is 4.79 Å². The van der Waals surface area contributed by atoms with Gasteiger partial charge < -0.3 is 33.2 Å². The number of aromatic nitrogens is 2. The summed E-state index contributed by atoms with van der Waals surface area (Å²) < 4.78 is 8.56. The predicted octanol–water partition coefficient (Wildman–Crippen LogP) is 0.784. The summed E-state index contributed by atoms with van der Waals surface area (Å²) in [6.45, 7) is 5.05. The number of ether oxygens (including phenoxy) is 1. The third-order valence-corrected chi connectivity index (χ3v) is 5.43. The summed E-state index contributed by atoms with van der Waals surface area (Å²) in [5, 5.41) is 4.78. The predicted molar refractivity (Wildman–Crippen MR) is 120 cm³/mol. The Kier molecular flexibility index (Phi) is 6.91. The van der Waals surface area contributed by atoms with Crippen molar-refractivity contribution < 1.29 is 33.2 Å². The third kappa shape index (κ3) is 5.36. The van der Waals surface area contributed by atoms with Crippen molar-refractivity contribution in [3.8, 4) is 22.7 Å². The zero-order valence-electron chi connectivity index (χ0n) is 18.9. The molecule has 0 spiro atoms.